The monoisotopic (exact) mass is 251 g/mol. The first kappa shape index (κ1) is 19.4. The van der Waals surface area contributed by atoms with Crippen LogP contribution in [0.4, 0.5) is 0 Å². The number of rotatable bonds is 0. The lowest BCUT2D eigenvalue weighted by Crippen LogP contribution is -2.08. The molecule has 15 heavy (non-hydrogen) atoms. The first-order valence-electron chi connectivity index (χ1n) is 3.88. The Bertz CT molecular complexity index is 200. The fraction of sp³-hybridized carbons (Fsp3) is 0.625. The Labute approximate surface area is 101 Å². The van der Waals surface area contributed by atoms with E-state index in [0.717, 1.165) is 0 Å². The molecule has 4 N–H and O–H groups in total. The highest BCUT2D eigenvalue weighted by Crippen LogP contribution is 1.81. The third-order valence-electron chi connectivity index (χ3n) is 0.661. The van der Waals surface area contributed by atoms with E-state index in [-0.39, 0.29) is 16.3 Å². The molecule has 0 aliphatic heterocycles. The van der Waals surface area contributed by atoms with Gasteiger partial charge in [0.15, 0.2) is 0 Å². The summed E-state index contributed by atoms with van der Waals surface area (Å²) in [5.41, 5.74) is 9.60. The molecular formula is C8H17N3O2S2. The van der Waals surface area contributed by atoms with Crippen LogP contribution < -0.4 is 11.5 Å². The highest BCUT2D eigenvalue weighted by atomic mass is 32.1. The highest BCUT2D eigenvalue weighted by molar-refractivity contribution is 7.80. The number of hydrogen-bond acceptors (Lipinski definition) is 5. The van der Waals surface area contributed by atoms with Gasteiger partial charge < -0.3 is 20.9 Å². The Morgan fingerprint density at radius 3 is 1.27 bits per heavy atom. The third-order valence-corrected chi connectivity index (χ3v) is 0.994. The van der Waals surface area contributed by atoms with Gasteiger partial charge in [-0.05, 0) is 38.3 Å². The fourth-order valence-corrected chi connectivity index (χ4v) is 0. The van der Waals surface area contributed by atoms with Gasteiger partial charge in [-0.15, -0.1) is 0 Å². The first-order chi connectivity index (χ1) is 6.81. The van der Waals surface area contributed by atoms with E-state index in [0.29, 0.717) is 0 Å². The van der Waals surface area contributed by atoms with E-state index < -0.39 is 0 Å². The van der Waals surface area contributed by atoms with Crippen molar-refractivity contribution in [3.8, 4) is 6.07 Å². The van der Waals surface area contributed by atoms with Crippen LogP contribution in [0.2, 0.25) is 0 Å². The molecule has 0 saturated heterocycles. The number of thiocarbonyl (C=S) groups is 2. The first-order valence-corrected chi connectivity index (χ1v) is 4.69. The molecule has 0 aliphatic rings. The van der Waals surface area contributed by atoms with Crippen LogP contribution in [0.1, 0.15) is 13.8 Å². The lowest BCUT2D eigenvalue weighted by atomic mass is 10.3. The van der Waals surface area contributed by atoms with Gasteiger partial charge in [-0.3, -0.25) is 0 Å². The summed E-state index contributed by atoms with van der Waals surface area (Å²) in [6.07, 6.45) is 0. The molecule has 0 heterocycles. The Balaban J connectivity index is -0.000000144. The maximum atomic E-state index is 7.89. The van der Waals surface area contributed by atoms with Gasteiger partial charge in [-0.1, -0.05) is 0 Å². The van der Waals surface area contributed by atoms with Gasteiger partial charge >= 0.3 is 0 Å². The number of hydrogen-bond donors (Lipinski definition) is 2. The minimum Gasteiger partial charge on any atom is -0.475 e. The van der Waals surface area contributed by atoms with E-state index in [1.165, 1.54) is 14.2 Å². The van der Waals surface area contributed by atoms with Crippen molar-refractivity contribution in [3.63, 3.8) is 0 Å². The molecule has 0 unspecified atom stereocenters. The van der Waals surface area contributed by atoms with Gasteiger partial charge in [0.25, 0.3) is 10.3 Å². The molecule has 0 amide bonds. The molecule has 5 nitrogen and oxygen atoms in total. The predicted molar refractivity (Wildman–Crippen MR) is 68.0 cm³/mol. The van der Waals surface area contributed by atoms with Gasteiger partial charge in [0.2, 0.25) is 0 Å². The average molecular weight is 251 g/mol. The van der Waals surface area contributed by atoms with Crippen LogP contribution in [-0.2, 0) is 9.47 Å². The molecule has 0 fully saturated rings. The molecule has 0 aliphatic carbocycles. The lowest BCUT2D eigenvalue weighted by molar-refractivity contribution is 0.408. The van der Waals surface area contributed by atoms with Crippen molar-refractivity contribution in [1.29, 1.82) is 5.26 Å². The highest BCUT2D eigenvalue weighted by Gasteiger charge is 1.78. The van der Waals surface area contributed by atoms with Gasteiger partial charge in [-0.2, -0.15) is 5.26 Å². The molecule has 7 heteroatoms. The lowest BCUT2D eigenvalue weighted by Gasteiger charge is -1.85. The number of nitriles is 1. The summed E-state index contributed by atoms with van der Waals surface area (Å²) in [7, 11) is 2.87. The largest absolute Gasteiger partial charge is 0.475 e. The summed E-state index contributed by atoms with van der Waals surface area (Å²) >= 11 is 8.50. The maximum absolute atomic E-state index is 7.89. The molecule has 0 spiro atoms. The summed E-state index contributed by atoms with van der Waals surface area (Å²) in [4.78, 5) is 0. The summed E-state index contributed by atoms with van der Waals surface area (Å²) < 4.78 is 8.52. The Hall–Kier alpha value is -1.13. The third kappa shape index (κ3) is 64.1. The quantitative estimate of drug-likeness (QED) is 0.618. The molecule has 0 saturated carbocycles. The van der Waals surface area contributed by atoms with Crippen molar-refractivity contribution in [2.75, 3.05) is 14.2 Å². The second-order valence-corrected chi connectivity index (χ2v) is 3.13. The number of nitrogens with two attached hydrogens (primary N) is 2. The molecule has 0 aromatic carbocycles. The molecular weight excluding hydrogens is 234 g/mol. The van der Waals surface area contributed by atoms with E-state index in [9.17, 15) is 0 Å². The normalized spacial score (nSPS) is 6.93. The summed E-state index contributed by atoms with van der Waals surface area (Å²) in [5, 5.41) is 8.07. The minimum atomic E-state index is 0.0880. The van der Waals surface area contributed by atoms with E-state index in [2.05, 4.69) is 33.9 Å². The zero-order chi connectivity index (χ0) is 12.9. The molecule has 88 valence electrons. The van der Waals surface area contributed by atoms with Crippen LogP contribution in [-0.4, -0.2) is 24.6 Å². The molecule has 0 aromatic rings. The van der Waals surface area contributed by atoms with Crippen LogP contribution in [0, 0.1) is 17.2 Å². The predicted octanol–water partition coefficient (Wildman–Crippen LogP) is 0.919. The Kier molecular flexibility index (Phi) is 19.9. The van der Waals surface area contributed by atoms with Crippen molar-refractivity contribution in [2.24, 2.45) is 17.4 Å². The second-order valence-electron chi connectivity index (χ2n) is 2.33. The number of methoxy groups -OCH3 is 2. The molecule has 0 bridgehead atoms. The van der Waals surface area contributed by atoms with Crippen molar-refractivity contribution in [1.82, 2.24) is 0 Å². The van der Waals surface area contributed by atoms with E-state index in [1.807, 2.05) is 19.9 Å². The topological polar surface area (TPSA) is 94.3 Å². The van der Waals surface area contributed by atoms with E-state index in [4.69, 9.17) is 16.7 Å². The zero-order valence-electron chi connectivity index (χ0n) is 9.31. The van der Waals surface area contributed by atoms with Crippen molar-refractivity contribution in [2.45, 2.75) is 13.8 Å². The zero-order valence-corrected chi connectivity index (χ0v) is 10.9. The van der Waals surface area contributed by atoms with Crippen molar-refractivity contribution in [3.05, 3.63) is 0 Å². The second kappa shape index (κ2) is 15.3. The van der Waals surface area contributed by atoms with Crippen LogP contribution in [0.3, 0.4) is 0 Å². The number of nitrogens with zero attached hydrogens (tertiary/aromatic N) is 1. The summed E-state index contributed by atoms with van der Waals surface area (Å²) in [5.74, 6) is 0.190. The SMILES string of the molecule is CC(C)C#N.COC(N)=S.COC(N)=S. The molecule has 0 atom stereocenters. The number of ether oxygens (including phenoxy) is 2. The van der Waals surface area contributed by atoms with Crippen molar-refractivity contribution >= 4 is 34.8 Å². The molecule has 0 aromatic heterocycles. The minimum absolute atomic E-state index is 0.0880. The van der Waals surface area contributed by atoms with Crippen LogP contribution >= 0.6 is 24.4 Å². The summed E-state index contributed by atoms with van der Waals surface area (Å²) in [6, 6.07) is 2.03. The Morgan fingerprint density at radius 2 is 1.27 bits per heavy atom. The van der Waals surface area contributed by atoms with Crippen LogP contribution in [0.25, 0.3) is 0 Å². The van der Waals surface area contributed by atoms with Crippen molar-refractivity contribution < 1.29 is 9.47 Å². The maximum Gasteiger partial charge on any atom is 0.253 e. The van der Waals surface area contributed by atoms with Gasteiger partial charge in [0, 0.05) is 5.92 Å². The standard InChI is InChI=1S/C4H7N.2C2H5NOS/c1-4(2)3-5;2*1-4-2(3)5/h4H,1-2H3;2*1H3,(H2,3,5). The Morgan fingerprint density at radius 1 is 1.13 bits per heavy atom. The average Bonchev–Trinajstić information content (AvgIpc) is 2.19. The van der Waals surface area contributed by atoms with E-state index in [1.54, 1.807) is 0 Å². The molecule has 0 radical (unpaired) electrons. The fourth-order valence-electron chi connectivity index (χ4n) is 0. The van der Waals surface area contributed by atoms with Gasteiger partial charge in [0.1, 0.15) is 0 Å². The van der Waals surface area contributed by atoms with Gasteiger partial charge in [0.05, 0.1) is 20.3 Å². The summed E-state index contributed by atoms with van der Waals surface area (Å²) in [6.45, 7) is 3.72. The molecule has 0 rings (SSSR count). The van der Waals surface area contributed by atoms with Crippen LogP contribution in [0.5, 0.6) is 0 Å². The van der Waals surface area contributed by atoms with Crippen LogP contribution in [0.15, 0.2) is 0 Å². The van der Waals surface area contributed by atoms with E-state index >= 15 is 0 Å². The smallest absolute Gasteiger partial charge is 0.253 e. The van der Waals surface area contributed by atoms with Gasteiger partial charge in [-0.25, -0.2) is 0 Å².